The van der Waals surface area contributed by atoms with E-state index < -0.39 is 0 Å². The molecule has 8 nitrogen and oxygen atoms in total. The van der Waals surface area contributed by atoms with Crippen molar-refractivity contribution in [3.63, 3.8) is 0 Å². The third-order valence-corrected chi connectivity index (χ3v) is 9.37. The van der Waals surface area contributed by atoms with Crippen molar-refractivity contribution in [3.8, 4) is 11.5 Å². The number of rotatable bonds is 19. The number of carbonyl (C=O) groups excluding carboxylic acids is 4. The van der Waals surface area contributed by atoms with Crippen molar-refractivity contribution >= 4 is 95.0 Å². The lowest BCUT2D eigenvalue weighted by Crippen LogP contribution is -2.32. The Hall–Kier alpha value is -1.82. The quantitative estimate of drug-likeness (QED) is 0.0703. The zero-order valence-corrected chi connectivity index (χ0v) is 29.2. The summed E-state index contributed by atoms with van der Waals surface area (Å²) in [6.07, 6.45) is 2.44. The molecule has 0 heterocycles. The molecule has 0 aliphatic heterocycles. The van der Waals surface area contributed by atoms with E-state index in [0.717, 1.165) is 0 Å². The van der Waals surface area contributed by atoms with Crippen LogP contribution >= 0.6 is 71.7 Å². The van der Waals surface area contributed by atoms with Crippen LogP contribution in [0.25, 0.3) is 0 Å². The number of benzene rings is 2. The van der Waals surface area contributed by atoms with Gasteiger partial charge >= 0.3 is 0 Å². The predicted octanol–water partition coefficient (Wildman–Crippen LogP) is 7.05. The molecule has 242 valence electrons. The summed E-state index contributed by atoms with van der Waals surface area (Å²) in [6, 6.07) is 6.09. The van der Waals surface area contributed by atoms with Gasteiger partial charge in [0.05, 0.1) is 10.0 Å². The Balaban J connectivity index is 1.70. The van der Waals surface area contributed by atoms with Gasteiger partial charge in [-0.15, -0.1) is 0 Å². The van der Waals surface area contributed by atoms with Gasteiger partial charge in [0.15, 0.2) is 24.8 Å². The molecular weight excluding hydrogens is 690 g/mol. The number of thiol groups is 2. The highest BCUT2D eigenvalue weighted by Crippen LogP contribution is 2.37. The molecule has 2 atom stereocenters. The van der Waals surface area contributed by atoms with Gasteiger partial charge in [-0.3, -0.25) is 19.2 Å². The van der Waals surface area contributed by atoms with Gasteiger partial charge in [-0.2, -0.15) is 25.3 Å². The molecule has 0 bridgehead atoms. The number of nitrogens with one attached hydrogen (secondary N) is 2. The third-order valence-electron chi connectivity index (χ3n) is 6.76. The second-order valence-electron chi connectivity index (χ2n) is 9.77. The van der Waals surface area contributed by atoms with Gasteiger partial charge in [0.25, 0.3) is 11.8 Å². The van der Waals surface area contributed by atoms with Crippen LogP contribution in [0.2, 0.25) is 20.1 Å². The first-order valence-electron chi connectivity index (χ1n) is 14.1. The number of amides is 2. The number of unbranched alkanes of at least 4 members (excludes halogenated alkanes) is 1. The second kappa shape index (κ2) is 19.6. The summed E-state index contributed by atoms with van der Waals surface area (Å²) in [5.41, 5.74) is 0.580. The van der Waals surface area contributed by atoms with Crippen LogP contribution in [0.1, 0.15) is 60.2 Å². The van der Waals surface area contributed by atoms with Crippen molar-refractivity contribution in [1.29, 1.82) is 0 Å². The molecule has 2 amide bonds. The Labute approximate surface area is 289 Å². The lowest BCUT2D eigenvalue weighted by atomic mass is 9.97. The van der Waals surface area contributed by atoms with Gasteiger partial charge in [0.2, 0.25) is 0 Å². The van der Waals surface area contributed by atoms with Crippen molar-refractivity contribution in [1.82, 2.24) is 10.6 Å². The second-order valence-corrected chi connectivity index (χ2v) is 12.0. The van der Waals surface area contributed by atoms with E-state index in [9.17, 15) is 19.2 Å². The van der Waals surface area contributed by atoms with Crippen LogP contribution in [0.5, 0.6) is 11.5 Å². The zero-order valence-electron chi connectivity index (χ0n) is 24.4. The molecule has 0 saturated heterocycles. The largest absolute Gasteiger partial charge is 0.482 e. The van der Waals surface area contributed by atoms with Crippen LogP contribution in [-0.4, -0.2) is 61.2 Å². The fourth-order valence-corrected chi connectivity index (χ4v) is 5.78. The summed E-state index contributed by atoms with van der Waals surface area (Å²) in [5.74, 6) is -0.401. The standard InChI is InChI=1S/C30H36Cl4N2O6S2/c1-3-17(15-43)29(39)19-7-9-21(27(33)25(19)31)41-13-23(37)35-11-5-6-12-36-24(38)14-42-22-10-8-20(26(32)28(22)34)30(40)18(4-2)16-44/h7-10,17-18,43-44H,3-6,11-16H2,1-2H3,(H,35,37)(H,36,38)/t17-,18-/m1/s1. The van der Waals surface area contributed by atoms with Crippen molar-refractivity contribution < 1.29 is 28.7 Å². The van der Waals surface area contributed by atoms with Gasteiger partial charge in [-0.1, -0.05) is 60.3 Å². The molecule has 44 heavy (non-hydrogen) atoms. The smallest absolute Gasteiger partial charge is 0.257 e. The Bertz CT molecular complexity index is 1220. The fourth-order valence-electron chi connectivity index (χ4n) is 4.00. The summed E-state index contributed by atoms with van der Waals surface area (Å²) in [4.78, 5) is 49.6. The lowest BCUT2D eigenvalue weighted by Gasteiger charge is -2.15. The lowest BCUT2D eigenvalue weighted by molar-refractivity contribution is -0.124. The van der Waals surface area contributed by atoms with Crippen LogP contribution in [0.3, 0.4) is 0 Å². The molecule has 0 unspecified atom stereocenters. The van der Waals surface area contributed by atoms with Gasteiger partial charge in [-0.05, 0) is 49.9 Å². The topological polar surface area (TPSA) is 111 Å². The van der Waals surface area contributed by atoms with E-state index in [4.69, 9.17) is 55.9 Å². The third kappa shape index (κ3) is 10.9. The molecule has 0 radical (unpaired) electrons. The molecular formula is C30H36Cl4N2O6S2. The predicted molar refractivity (Wildman–Crippen MR) is 183 cm³/mol. The molecule has 0 aliphatic rings. The highest BCUT2D eigenvalue weighted by Gasteiger charge is 2.24. The van der Waals surface area contributed by atoms with E-state index in [0.29, 0.717) is 50.3 Å². The number of ketones is 2. The molecule has 0 aromatic heterocycles. The number of hydrogen-bond donors (Lipinski definition) is 4. The maximum atomic E-state index is 12.6. The number of carbonyl (C=O) groups is 4. The summed E-state index contributed by atoms with van der Waals surface area (Å²) in [7, 11) is 0. The molecule has 2 aromatic carbocycles. The average Bonchev–Trinajstić information content (AvgIpc) is 3.01. The molecule has 2 N–H and O–H groups in total. The molecule has 0 saturated carbocycles. The van der Waals surface area contributed by atoms with Crippen LogP contribution in [0.15, 0.2) is 24.3 Å². The highest BCUT2D eigenvalue weighted by atomic mass is 35.5. The normalized spacial score (nSPS) is 12.3. The summed E-state index contributed by atoms with van der Waals surface area (Å²) in [6.45, 7) is 3.94. The highest BCUT2D eigenvalue weighted by molar-refractivity contribution is 7.80. The van der Waals surface area contributed by atoms with E-state index in [1.807, 2.05) is 13.8 Å². The van der Waals surface area contributed by atoms with Gasteiger partial charge in [0, 0.05) is 47.6 Å². The fraction of sp³-hybridized carbons (Fsp3) is 0.467. The minimum absolute atomic E-state index is 0.0610. The number of Topliss-reactive ketones (excluding diaryl/α,β-unsaturated/α-hetero) is 2. The maximum Gasteiger partial charge on any atom is 0.257 e. The minimum atomic E-state index is -0.366. The first kappa shape index (κ1) is 38.4. The van der Waals surface area contributed by atoms with Gasteiger partial charge in [-0.25, -0.2) is 0 Å². The minimum Gasteiger partial charge on any atom is -0.482 e. The zero-order chi connectivity index (χ0) is 32.8. The molecule has 2 aromatic rings. The van der Waals surface area contributed by atoms with Crippen molar-refractivity contribution in [2.24, 2.45) is 11.8 Å². The summed E-state index contributed by atoms with van der Waals surface area (Å²) in [5, 5.41) is 5.73. The van der Waals surface area contributed by atoms with E-state index in [1.165, 1.54) is 24.3 Å². The molecule has 0 fully saturated rings. The molecule has 0 aliphatic carbocycles. The number of halogens is 4. The monoisotopic (exact) mass is 724 g/mol. The number of ether oxygens (including phenoxy) is 2. The van der Waals surface area contributed by atoms with Crippen molar-refractivity contribution in [2.45, 2.75) is 39.5 Å². The Morgan fingerprint density at radius 1 is 0.659 bits per heavy atom. The Morgan fingerprint density at radius 3 is 1.34 bits per heavy atom. The Kier molecular flexibility index (Phi) is 17.1. The molecule has 14 heteroatoms. The van der Waals surface area contributed by atoms with Crippen molar-refractivity contribution in [3.05, 3.63) is 55.5 Å². The van der Waals surface area contributed by atoms with Gasteiger partial charge in [0.1, 0.15) is 21.5 Å². The number of hydrogen-bond acceptors (Lipinski definition) is 8. The van der Waals surface area contributed by atoms with Crippen LogP contribution in [0.4, 0.5) is 0 Å². The summed E-state index contributed by atoms with van der Waals surface area (Å²) < 4.78 is 11.0. The Morgan fingerprint density at radius 2 is 1.02 bits per heavy atom. The first-order chi connectivity index (χ1) is 21.0. The van der Waals surface area contributed by atoms with E-state index in [1.54, 1.807) is 0 Å². The average molecular weight is 727 g/mol. The van der Waals surface area contributed by atoms with E-state index in [-0.39, 0.29) is 91.1 Å². The first-order valence-corrected chi connectivity index (χ1v) is 16.8. The molecule has 0 spiro atoms. The van der Waals surface area contributed by atoms with Crippen molar-refractivity contribution in [2.75, 3.05) is 37.8 Å². The van der Waals surface area contributed by atoms with Crippen LogP contribution < -0.4 is 20.1 Å². The van der Waals surface area contributed by atoms with Crippen LogP contribution in [-0.2, 0) is 9.59 Å². The van der Waals surface area contributed by atoms with E-state index >= 15 is 0 Å². The van der Waals surface area contributed by atoms with Gasteiger partial charge < -0.3 is 20.1 Å². The SMILES string of the molecule is CC[C@H](CS)C(=O)c1ccc(OCC(=O)NCCCCNC(=O)COc2ccc(C(=O)[C@H](CC)CS)c(Cl)c2Cl)c(Cl)c1Cl. The summed E-state index contributed by atoms with van der Waals surface area (Å²) >= 11 is 33.6. The molecule has 2 rings (SSSR count). The van der Waals surface area contributed by atoms with Crippen LogP contribution in [0, 0.1) is 11.8 Å². The van der Waals surface area contributed by atoms with E-state index in [2.05, 4.69) is 35.9 Å². The maximum absolute atomic E-state index is 12.6.